The van der Waals surface area contributed by atoms with Crippen molar-refractivity contribution < 1.29 is 82.3 Å². The number of carbonyl (C=O) groups is 2. The maximum Gasteiger partial charge on any atom is 0.426 e. The molecular formula is C54H46F10N2O8. The number of rotatable bonds is 23. The van der Waals surface area contributed by atoms with Crippen LogP contribution >= 0.6 is 0 Å². The van der Waals surface area contributed by atoms with Crippen molar-refractivity contribution in [2.75, 3.05) is 24.7 Å². The highest BCUT2D eigenvalue weighted by Gasteiger charge is 2.36. The van der Waals surface area contributed by atoms with E-state index in [1.165, 1.54) is 84.9 Å². The van der Waals surface area contributed by atoms with Gasteiger partial charge in [-0.05, 0) is 155 Å². The SMILES string of the molecule is Nc1ccc(-c2ccc(N)cc2CC(=Cc2ccc(OC(F)(F)c3ccc(OCCCC(F)(F)F)cc3)cc2)C(=O)O)c(COC(=O)C=Cc2ccc(OC(F)(F)c3ccc(OCCCC(F)(F)F)cc3)cc2)c1. The summed E-state index contributed by atoms with van der Waals surface area (Å²) in [5, 5.41) is 10.3. The molecule has 0 atom stereocenters. The molecule has 0 heterocycles. The predicted octanol–water partition coefficient (Wildman–Crippen LogP) is 13.7. The predicted molar refractivity (Wildman–Crippen MR) is 255 cm³/mol. The summed E-state index contributed by atoms with van der Waals surface area (Å²) in [5.41, 5.74) is 14.4. The molecule has 20 heteroatoms. The maximum absolute atomic E-state index is 15.1. The van der Waals surface area contributed by atoms with Gasteiger partial charge in [-0.3, -0.25) is 0 Å². The molecule has 6 aromatic carbocycles. The lowest BCUT2D eigenvalue weighted by Crippen LogP contribution is -2.21. The average molecular weight is 1040 g/mol. The highest BCUT2D eigenvalue weighted by molar-refractivity contribution is 5.93. The molecule has 0 bridgehead atoms. The first-order valence-corrected chi connectivity index (χ1v) is 22.4. The van der Waals surface area contributed by atoms with Gasteiger partial charge in [0.1, 0.15) is 29.6 Å². The van der Waals surface area contributed by atoms with Crippen LogP contribution in [0.4, 0.5) is 55.3 Å². The number of benzene rings is 6. The van der Waals surface area contributed by atoms with Crippen molar-refractivity contribution in [1.29, 1.82) is 0 Å². The first kappa shape index (κ1) is 55.2. The summed E-state index contributed by atoms with van der Waals surface area (Å²) in [6.45, 7) is -0.796. The van der Waals surface area contributed by atoms with Crippen molar-refractivity contribution >= 4 is 35.5 Å². The van der Waals surface area contributed by atoms with Crippen LogP contribution in [0.25, 0.3) is 23.3 Å². The number of halogens is 10. The first-order valence-electron chi connectivity index (χ1n) is 22.4. The number of carboxylic acid groups (broad SMARTS) is 1. The van der Waals surface area contributed by atoms with Gasteiger partial charge in [-0.1, -0.05) is 36.4 Å². The van der Waals surface area contributed by atoms with E-state index >= 15 is 8.78 Å². The molecule has 0 saturated heterocycles. The minimum absolute atomic E-state index is 0.0972. The Hall–Kier alpha value is -8.16. The molecule has 0 aromatic heterocycles. The second-order valence-electron chi connectivity index (χ2n) is 16.5. The van der Waals surface area contributed by atoms with E-state index in [1.54, 1.807) is 36.4 Å². The molecule has 6 rings (SSSR count). The zero-order valence-corrected chi connectivity index (χ0v) is 38.8. The van der Waals surface area contributed by atoms with E-state index in [0.717, 1.165) is 30.3 Å². The molecule has 5 N–H and O–H groups in total. The van der Waals surface area contributed by atoms with E-state index in [-0.39, 0.29) is 67.7 Å². The molecule has 0 aliphatic carbocycles. The smallest absolute Gasteiger partial charge is 0.426 e. The van der Waals surface area contributed by atoms with Gasteiger partial charge in [-0.2, -0.15) is 43.9 Å². The minimum atomic E-state index is -4.34. The molecule has 0 aliphatic rings. The molecule has 0 aliphatic heterocycles. The topological polar surface area (TPSA) is 153 Å². The van der Waals surface area contributed by atoms with Crippen LogP contribution in [0.15, 0.2) is 145 Å². The van der Waals surface area contributed by atoms with Gasteiger partial charge in [-0.15, -0.1) is 0 Å². The lowest BCUT2D eigenvalue weighted by atomic mass is 9.91. The van der Waals surface area contributed by atoms with Gasteiger partial charge < -0.3 is 40.3 Å². The number of hydrogen-bond donors (Lipinski definition) is 3. The van der Waals surface area contributed by atoms with Crippen LogP contribution in [0.1, 0.15) is 59.1 Å². The Kier molecular flexibility index (Phi) is 17.9. The number of nitrogens with two attached hydrogens (primary N) is 2. The number of carbonyl (C=O) groups excluding carboxylic acids is 1. The number of carboxylic acids is 1. The number of alkyl halides is 10. The van der Waals surface area contributed by atoms with Crippen molar-refractivity contribution in [2.24, 2.45) is 0 Å². The average Bonchev–Trinajstić information content (AvgIpc) is 3.33. The molecule has 10 nitrogen and oxygen atoms in total. The van der Waals surface area contributed by atoms with Gasteiger partial charge in [0.25, 0.3) is 0 Å². The number of esters is 1. The number of aliphatic carboxylic acids is 1. The van der Waals surface area contributed by atoms with Crippen molar-refractivity contribution in [1.82, 2.24) is 0 Å². The number of anilines is 2. The summed E-state index contributed by atoms with van der Waals surface area (Å²) >= 11 is 0. The third kappa shape index (κ3) is 17.0. The maximum atomic E-state index is 15.1. The Balaban J connectivity index is 1.06. The Morgan fingerprint density at radius 2 is 0.946 bits per heavy atom. The van der Waals surface area contributed by atoms with Crippen LogP contribution in [-0.2, 0) is 39.6 Å². The largest absolute Gasteiger partial charge is 0.494 e. The van der Waals surface area contributed by atoms with Crippen molar-refractivity contribution in [3.63, 3.8) is 0 Å². The van der Waals surface area contributed by atoms with Crippen LogP contribution in [-0.4, -0.2) is 42.6 Å². The van der Waals surface area contributed by atoms with Crippen LogP contribution in [0.5, 0.6) is 23.0 Å². The van der Waals surface area contributed by atoms with Gasteiger partial charge in [0.05, 0.1) is 24.3 Å². The third-order valence-electron chi connectivity index (χ3n) is 10.7. The van der Waals surface area contributed by atoms with Crippen molar-refractivity contribution in [3.8, 4) is 34.1 Å². The summed E-state index contributed by atoms with van der Waals surface area (Å²) in [4.78, 5) is 25.5. The van der Waals surface area contributed by atoms with E-state index in [9.17, 15) is 49.8 Å². The summed E-state index contributed by atoms with van der Waals surface area (Å²) in [6, 6.07) is 29.0. The fourth-order valence-corrected chi connectivity index (χ4v) is 7.08. The summed E-state index contributed by atoms with van der Waals surface area (Å²) in [5.74, 6) is -2.34. The zero-order chi connectivity index (χ0) is 53.7. The van der Waals surface area contributed by atoms with Crippen LogP contribution < -0.4 is 30.4 Å². The molecule has 74 heavy (non-hydrogen) atoms. The fourth-order valence-electron chi connectivity index (χ4n) is 7.08. The first-order chi connectivity index (χ1) is 34.9. The highest BCUT2D eigenvalue weighted by Crippen LogP contribution is 2.36. The zero-order valence-electron chi connectivity index (χ0n) is 38.8. The van der Waals surface area contributed by atoms with Crippen LogP contribution in [0.3, 0.4) is 0 Å². The normalized spacial score (nSPS) is 12.4. The van der Waals surface area contributed by atoms with Gasteiger partial charge in [0.15, 0.2) is 0 Å². The monoisotopic (exact) mass is 1040 g/mol. The molecule has 0 radical (unpaired) electrons. The van der Waals surface area contributed by atoms with Gasteiger partial charge in [0.2, 0.25) is 0 Å². The molecule has 0 spiro atoms. The molecule has 0 fully saturated rings. The number of ether oxygens (including phenoxy) is 5. The molecular weight excluding hydrogens is 995 g/mol. The molecule has 390 valence electrons. The van der Waals surface area contributed by atoms with E-state index < -0.39 is 60.5 Å². The number of hydrogen-bond acceptors (Lipinski definition) is 9. The van der Waals surface area contributed by atoms with Gasteiger partial charge in [0, 0.05) is 42.3 Å². The second-order valence-corrected chi connectivity index (χ2v) is 16.5. The number of nitrogen functional groups attached to an aromatic ring is 2. The minimum Gasteiger partial charge on any atom is -0.494 e. The summed E-state index contributed by atoms with van der Waals surface area (Å²) < 4.78 is 160. The van der Waals surface area contributed by atoms with E-state index in [1.807, 2.05) is 0 Å². The van der Waals surface area contributed by atoms with E-state index in [2.05, 4.69) is 0 Å². The standard InChI is InChI=1S/C54H46F10N2O8/c55-51(56,57)25-1-27-70-43-18-8-39(9-19-43)53(61,62)73-45-14-3-34(4-15-45)7-24-49(67)72-33-38-32-42(66)13-23-48(38)47-22-12-41(65)31-36(47)30-37(50(68)69)29-35-5-16-46(17-6-35)74-54(63,64)40-10-20-44(21-11-40)71-28-2-26-52(58,59)60/h3-24,29,31-32H,1-2,25-28,30,33,65-66H2,(H,68,69). The molecule has 0 amide bonds. The van der Waals surface area contributed by atoms with Crippen molar-refractivity contribution in [2.45, 2.75) is 63.3 Å². The quantitative estimate of drug-likeness (QED) is 0.0186. The summed E-state index contributed by atoms with van der Waals surface area (Å²) in [7, 11) is 0. The molecule has 0 unspecified atom stereocenters. The highest BCUT2D eigenvalue weighted by atomic mass is 19.4. The van der Waals surface area contributed by atoms with E-state index in [4.69, 9.17) is 35.2 Å². The Morgan fingerprint density at radius 3 is 1.39 bits per heavy atom. The van der Waals surface area contributed by atoms with Gasteiger partial charge >= 0.3 is 36.5 Å². The lowest BCUT2D eigenvalue weighted by Gasteiger charge is -2.19. The van der Waals surface area contributed by atoms with Crippen molar-refractivity contribution in [3.05, 3.63) is 178 Å². The van der Waals surface area contributed by atoms with E-state index in [0.29, 0.717) is 44.8 Å². The van der Waals surface area contributed by atoms with Crippen LogP contribution in [0.2, 0.25) is 0 Å². The van der Waals surface area contributed by atoms with Crippen LogP contribution in [0, 0.1) is 0 Å². The molecule has 6 aromatic rings. The lowest BCUT2D eigenvalue weighted by molar-refractivity contribution is -0.186. The Bertz CT molecular complexity index is 2910. The van der Waals surface area contributed by atoms with Gasteiger partial charge in [-0.25, -0.2) is 9.59 Å². The summed E-state index contributed by atoms with van der Waals surface area (Å²) in [6.07, 6.45) is -15.3. The molecule has 0 saturated carbocycles. The fraction of sp³-hybridized carbons (Fsp3) is 0.222. The third-order valence-corrected chi connectivity index (χ3v) is 10.7. The second kappa shape index (κ2) is 24.0. The Labute approximate surface area is 417 Å². The Morgan fingerprint density at radius 1 is 0.527 bits per heavy atom.